The van der Waals surface area contributed by atoms with E-state index in [1.165, 1.54) is 50.0 Å². The fourth-order valence-corrected chi connectivity index (χ4v) is 2.44. The molecule has 0 aromatic carbocycles. The van der Waals surface area contributed by atoms with Gasteiger partial charge in [-0.3, -0.25) is 4.90 Å². The van der Waals surface area contributed by atoms with E-state index in [9.17, 15) is 0 Å². The summed E-state index contributed by atoms with van der Waals surface area (Å²) in [4.78, 5) is 3.78. The fourth-order valence-electron chi connectivity index (χ4n) is 2.44. The Kier molecular flexibility index (Phi) is 10.5. The number of hydrogen-bond acceptors (Lipinski definition) is 2. The van der Waals surface area contributed by atoms with E-state index in [1.807, 2.05) is 0 Å². The lowest BCUT2D eigenvalue weighted by atomic mass is 10.1. The molecule has 1 heterocycles. The van der Waals surface area contributed by atoms with Crippen LogP contribution in [0.3, 0.4) is 0 Å². The largest absolute Gasteiger partial charge is 1.00 e. The summed E-state index contributed by atoms with van der Waals surface area (Å²) in [7, 11) is 0. The number of rotatable bonds is 9. The molecule has 0 aromatic heterocycles. The summed E-state index contributed by atoms with van der Waals surface area (Å²) in [5, 5.41) is 8.95. The van der Waals surface area contributed by atoms with Gasteiger partial charge in [-0.2, -0.15) is 0 Å². The molecular formula is C14H29ClN2O. The monoisotopic (exact) mass is 276 g/mol. The molecule has 2 atom stereocenters. The number of unbranched alkanes of at least 4 members (excludes halogenated alkanes) is 5. The van der Waals surface area contributed by atoms with Crippen molar-refractivity contribution in [1.29, 1.82) is 0 Å². The van der Waals surface area contributed by atoms with E-state index in [1.54, 1.807) is 0 Å². The van der Waals surface area contributed by atoms with Gasteiger partial charge in [-0.05, 0) is 6.42 Å². The maximum atomic E-state index is 8.95. The lowest BCUT2D eigenvalue weighted by molar-refractivity contribution is -0.876. The predicted molar refractivity (Wildman–Crippen MR) is 71.6 cm³/mol. The Morgan fingerprint density at radius 2 is 1.83 bits per heavy atom. The first-order valence-corrected chi connectivity index (χ1v) is 7.20. The number of nitrogens with zero attached hydrogens (tertiary/aromatic N) is 1. The third kappa shape index (κ3) is 6.07. The summed E-state index contributed by atoms with van der Waals surface area (Å²) < 4.78 is 0. The molecule has 3 nitrogen and oxygen atoms in total. The number of aliphatic hydroxyl groups excluding tert-OH is 1. The first kappa shape index (κ1) is 17.8. The van der Waals surface area contributed by atoms with Crippen molar-refractivity contribution in [2.24, 2.45) is 0 Å². The van der Waals surface area contributed by atoms with Gasteiger partial charge in [0.15, 0.2) is 6.17 Å². The zero-order valence-electron chi connectivity index (χ0n) is 11.9. The summed E-state index contributed by atoms with van der Waals surface area (Å²) in [5.41, 5.74) is 0. The predicted octanol–water partition coefficient (Wildman–Crippen LogP) is -1.64. The Balaban J connectivity index is 0.00000289. The minimum Gasteiger partial charge on any atom is -1.00 e. The molecule has 4 heteroatoms. The van der Waals surface area contributed by atoms with Crippen molar-refractivity contribution in [3.8, 4) is 0 Å². The number of hydrogen-bond donors (Lipinski definition) is 2. The molecular weight excluding hydrogens is 248 g/mol. The summed E-state index contributed by atoms with van der Waals surface area (Å²) in [6.45, 7) is 6.76. The standard InChI is InChI=1S/C14H28N2O.ClH/c1-3-4-5-6-7-8-9-15-10-11-16(12-13-17)14(15)2;/h10-11,14,17H,3-9,12-13H2,1-2H3;1H. The van der Waals surface area contributed by atoms with E-state index in [4.69, 9.17) is 5.11 Å². The minimum absolute atomic E-state index is 0. The van der Waals surface area contributed by atoms with Crippen molar-refractivity contribution in [1.82, 2.24) is 4.90 Å². The van der Waals surface area contributed by atoms with Crippen molar-refractivity contribution in [3.63, 3.8) is 0 Å². The lowest BCUT2D eigenvalue weighted by Gasteiger charge is -2.24. The van der Waals surface area contributed by atoms with Crippen LogP contribution < -0.4 is 17.3 Å². The zero-order chi connectivity index (χ0) is 12.5. The van der Waals surface area contributed by atoms with Crippen LogP contribution in [0, 0.1) is 0 Å². The smallest absolute Gasteiger partial charge is 0.164 e. The van der Waals surface area contributed by atoms with E-state index < -0.39 is 0 Å². The summed E-state index contributed by atoms with van der Waals surface area (Å²) in [6, 6.07) is 0. The fraction of sp³-hybridized carbons (Fsp3) is 0.857. The van der Waals surface area contributed by atoms with Crippen molar-refractivity contribution >= 4 is 0 Å². The van der Waals surface area contributed by atoms with Gasteiger partial charge in [-0.25, -0.2) is 0 Å². The second-order valence-electron chi connectivity index (χ2n) is 5.05. The quantitative estimate of drug-likeness (QED) is 0.495. The third-order valence-electron chi connectivity index (χ3n) is 3.68. The molecule has 0 fully saturated rings. The van der Waals surface area contributed by atoms with E-state index in [2.05, 4.69) is 31.1 Å². The van der Waals surface area contributed by atoms with Gasteiger partial charge in [0.1, 0.15) is 12.7 Å². The Bertz CT molecular complexity index is 224. The Labute approximate surface area is 118 Å². The minimum atomic E-state index is 0. The van der Waals surface area contributed by atoms with Gasteiger partial charge >= 0.3 is 0 Å². The van der Waals surface area contributed by atoms with Gasteiger partial charge in [-0.15, -0.1) is 0 Å². The molecule has 1 aliphatic rings. The highest BCUT2D eigenvalue weighted by atomic mass is 35.5. The van der Waals surface area contributed by atoms with Crippen LogP contribution >= 0.6 is 0 Å². The molecule has 0 radical (unpaired) electrons. The summed E-state index contributed by atoms with van der Waals surface area (Å²) in [5.74, 6) is 0. The first-order valence-electron chi connectivity index (χ1n) is 7.20. The van der Waals surface area contributed by atoms with E-state index in [0.29, 0.717) is 6.17 Å². The van der Waals surface area contributed by atoms with Crippen molar-refractivity contribution in [2.75, 3.05) is 19.7 Å². The normalized spacial score (nSPS) is 22.3. The number of aliphatic hydroxyl groups is 1. The van der Waals surface area contributed by atoms with E-state index in [-0.39, 0.29) is 19.0 Å². The Morgan fingerprint density at radius 3 is 2.50 bits per heavy atom. The molecule has 2 N–H and O–H groups in total. The average molecular weight is 277 g/mol. The van der Waals surface area contributed by atoms with Crippen molar-refractivity contribution in [2.45, 2.75) is 58.5 Å². The maximum Gasteiger partial charge on any atom is 0.164 e. The molecule has 0 aromatic rings. The van der Waals surface area contributed by atoms with Crippen LogP contribution in [0.25, 0.3) is 0 Å². The highest BCUT2D eigenvalue weighted by Gasteiger charge is 2.25. The van der Waals surface area contributed by atoms with Gasteiger partial charge in [0.2, 0.25) is 0 Å². The molecule has 0 aliphatic carbocycles. The highest BCUT2D eigenvalue weighted by Crippen LogP contribution is 2.08. The molecule has 18 heavy (non-hydrogen) atoms. The van der Waals surface area contributed by atoms with Crippen LogP contribution in [0.15, 0.2) is 12.4 Å². The van der Waals surface area contributed by atoms with Crippen LogP contribution in [-0.4, -0.2) is 35.9 Å². The van der Waals surface area contributed by atoms with Crippen LogP contribution in [0.2, 0.25) is 0 Å². The van der Waals surface area contributed by atoms with Gasteiger partial charge < -0.3 is 22.4 Å². The highest BCUT2D eigenvalue weighted by molar-refractivity contribution is 4.82. The maximum absolute atomic E-state index is 8.95. The van der Waals surface area contributed by atoms with Crippen LogP contribution in [0.1, 0.15) is 52.4 Å². The van der Waals surface area contributed by atoms with Crippen molar-refractivity contribution < 1.29 is 22.4 Å². The molecule has 0 bridgehead atoms. The second kappa shape index (κ2) is 10.7. The zero-order valence-corrected chi connectivity index (χ0v) is 12.6. The Hall–Kier alpha value is -0.250. The van der Waals surface area contributed by atoms with Gasteiger partial charge in [0.05, 0.1) is 12.8 Å². The average Bonchev–Trinajstić information content (AvgIpc) is 2.67. The van der Waals surface area contributed by atoms with Gasteiger partial charge in [0, 0.05) is 13.5 Å². The molecule has 1 rings (SSSR count). The summed E-state index contributed by atoms with van der Waals surface area (Å²) >= 11 is 0. The molecule has 0 spiro atoms. The van der Waals surface area contributed by atoms with Crippen molar-refractivity contribution in [3.05, 3.63) is 12.4 Å². The number of halogens is 1. The van der Waals surface area contributed by atoms with E-state index in [0.717, 1.165) is 6.54 Å². The number of nitrogens with one attached hydrogen (secondary N) is 1. The summed E-state index contributed by atoms with van der Waals surface area (Å²) in [6.07, 6.45) is 13.0. The third-order valence-corrected chi connectivity index (χ3v) is 3.68. The molecule has 1 aliphatic heterocycles. The Morgan fingerprint density at radius 1 is 1.17 bits per heavy atom. The van der Waals surface area contributed by atoms with Gasteiger partial charge in [0.25, 0.3) is 0 Å². The molecule has 0 saturated carbocycles. The molecule has 108 valence electrons. The second-order valence-corrected chi connectivity index (χ2v) is 5.05. The van der Waals surface area contributed by atoms with Crippen LogP contribution in [0.5, 0.6) is 0 Å². The van der Waals surface area contributed by atoms with E-state index >= 15 is 0 Å². The van der Waals surface area contributed by atoms with Crippen LogP contribution in [-0.2, 0) is 0 Å². The van der Waals surface area contributed by atoms with Crippen LogP contribution in [0.4, 0.5) is 0 Å². The SMILES string of the molecule is CCCCCCCCN1C=C[NH+](CCO)C1C.[Cl-]. The topological polar surface area (TPSA) is 27.9 Å². The van der Waals surface area contributed by atoms with Gasteiger partial charge in [-0.1, -0.05) is 39.0 Å². The number of quaternary nitrogens is 1. The lowest BCUT2D eigenvalue weighted by Crippen LogP contribution is -3.11. The first-order chi connectivity index (χ1) is 8.29. The molecule has 0 saturated heterocycles. The molecule has 0 amide bonds. The molecule has 2 unspecified atom stereocenters.